The lowest BCUT2D eigenvalue weighted by Crippen LogP contribution is -2.40. The van der Waals surface area contributed by atoms with Gasteiger partial charge in [0.2, 0.25) is 6.79 Å². The van der Waals surface area contributed by atoms with Crippen LogP contribution in [-0.4, -0.2) is 37.3 Å². The van der Waals surface area contributed by atoms with Gasteiger partial charge in [-0.15, -0.1) is 0 Å². The molecule has 0 saturated carbocycles. The second-order valence-electron chi connectivity index (χ2n) is 7.40. The molecule has 7 nitrogen and oxygen atoms in total. The van der Waals surface area contributed by atoms with Gasteiger partial charge in [-0.3, -0.25) is 9.59 Å². The molecule has 0 bridgehead atoms. The molecule has 28 heavy (non-hydrogen) atoms. The normalized spacial score (nSPS) is 12.4. The standard InChI is InChI=1S/C21H24N2O5/c1-21(2,3)23-20(25)15-6-4-14(5-7-15)19(24)22-10-11-26-16-8-9-17-18(12-16)28-13-27-17/h4-9,12H,10-11,13H2,1-3H3,(H,22,24)(H,23,25). The van der Waals surface area contributed by atoms with Gasteiger partial charge in [0.25, 0.3) is 11.8 Å². The maximum Gasteiger partial charge on any atom is 0.251 e. The Hall–Kier alpha value is -3.22. The van der Waals surface area contributed by atoms with Crippen molar-refractivity contribution in [1.82, 2.24) is 10.6 Å². The predicted molar refractivity (Wildman–Crippen MR) is 104 cm³/mol. The largest absolute Gasteiger partial charge is 0.492 e. The van der Waals surface area contributed by atoms with Crippen LogP contribution in [0.1, 0.15) is 41.5 Å². The van der Waals surface area contributed by atoms with Crippen LogP contribution in [0.3, 0.4) is 0 Å². The van der Waals surface area contributed by atoms with Crippen molar-refractivity contribution in [2.45, 2.75) is 26.3 Å². The van der Waals surface area contributed by atoms with E-state index >= 15 is 0 Å². The van der Waals surface area contributed by atoms with Crippen LogP contribution in [0, 0.1) is 0 Å². The number of amides is 2. The van der Waals surface area contributed by atoms with Crippen molar-refractivity contribution in [2.75, 3.05) is 19.9 Å². The number of hydrogen-bond acceptors (Lipinski definition) is 5. The summed E-state index contributed by atoms with van der Waals surface area (Å²) in [7, 11) is 0. The third kappa shape index (κ3) is 5.16. The molecule has 0 fully saturated rings. The average molecular weight is 384 g/mol. The van der Waals surface area contributed by atoms with E-state index < -0.39 is 0 Å². The van der Waals surface area contributed by atoms with E-state index in [-0.39, 0.29) is 24.1 Å². The molecule has 148 valence electrons. The molecule has 0 aliphatic carbocycles. The maximum atomic E-state index is 12.2. The second kappa shape index (κ2) is 8.21. The highest BCUT2D eigenvalue weighted by Crippen LogP contribution is 2.34. The number of carbonyl (C=O) groups excluding carboxylic acids is 2. The highest BCUT2D eigenvalue weighted by Gasteiger charge is 2.16. The minimum absolute atomic E-state index is 0.170. The summed E-state index contributed by atoms with van der Waals surface area (Å²) < 4.78 is 16.2. The molecule has 1 aliphatic heterocycles. The van der Waals surface area contributed by atoms with Gasteiger partial charge >= 0.3 is 0 Å². The summed E-state index contributed by atoms with van der Waals surface area (Å²) in [5.74, 6) is 1.60. The molecule has 0 radical (unpaired) electrons. The van der Waals surface area contributed by atoms with Crippen LogP contribution in [-0.2, 0) is 0 Å². The predicted octanol–water partition coefficient (Wildman–Crippen LogP) is 2.75. The first-order valence-electron chi connectivity index (χ1n) is 9.05. The molecule has 2 aromatic carbocycles. The summed E-state index contributed by atoms with van der Waals surface area (Å²) in [5, 5.41) is 5.67. The van der Waals surface area contributed by atoms with Crippen molar-refractivity contribution in [3.63, 3.8) is 0 Å². The van der Waals surface area contributed by atoms with Crippen molar-refractivity contribution in [2.24, 2.45) is 0 Å². The lowest BCUT2D eigenvalue weighted by atomic mass is 10.1. The highest BCUT2D eigenvalue weighted by atomic mass is 16.7. The molecular formula is C21H24N2O5. The number of nitrogens with one attached hydrogen (secondary N) is 2. The van der Waals surface area contributed by atoms with Crippen molar-refractivity contribution in [3.8, 4) is 17.2 Å². The zero-order valence-electron chi connectivity index (χ0n) is 16.2. The first-order chi connectivity index (χ1) is 13.3. The molecule has 2 amide bonds. The van der Waals surface area contributed by atoms with Crippen molar-refractivity contribution >= 4 is 11.8 Å². The quantitative estimate of drug-likeness (QED) is 0.748. The number of benzene rings is 2. The lowest BCUT2D eigenvalue weighted by molar-refractivity contribution is 0.0915. The Labute approximate surface area is 164 Å². The topological polar surface area (TPSA) is 85.9 Å². The maximum absolute atomic E-state index is 12.2. The van der Waals surface area contributed by atoms with E-state index in [1.807, 2.05) is 20.8 Å². The van der Waals surface area contributed by atoms with Gasteiger partial charge in [0, 0.05) is 22.7 Å². The van der Waals surface area contributed by atoms with Crippen LogP contribution in [0.15, 0.2) is 42.5 Å². The Morgan fingerprint density at radius 2 is 1.61 bits per heavy atom. The third-order valence-corrected chi connectivity index (χ3v) is 3.90. The number of rotatable bonds is 6. The molecule has 0 spiro atoms. The Balaban J connectivity index is 1.45. The number of carbonyl (C=O) groups is 2. The second-order valence-corrected chi connectivity index (χ2v) is 7.40. The average Bonchev–Trinajstić information content (AvgIpc) is 3.11. The summed E-state index contributed by atoms with van der Waals surface area (Å²) in [4.78, 5) is 24.3. The summed E-state index contributed by atoms with van der Waals surface area (Å²) in [5.41, 5.74) is 0.679. The number of fused-ring (bicyclic) bond motifs is 1. The highest BCUT2D eigenvalue weighted by molar-refractivity contribution is 5.98. The van der Waals surface area contributed by atoms with Crippen LogP contribution >= 0.6 is 0 Å². The Bertz CT molecular complexity index is 856. The zero-order valence-corrected chi connectivity index (χ0v) is 16.2. The molecule has 2 aromatic rings. The monoisotopic (exact) mass is 384 g/mol. The van der Waals surface area contributed by atoms with Gasteiger partial charge in [-0.05, 0) is 57.2 Å². The molecule has 1 heterocycles. The van der Waals surface area contributed by atoms with Gasteiger partial charge < -0.3 is 24.8 Å². The van der Waals surface area contributed by atoms with Gasteiger partial charge in [0.1, 0.15) is 12.4 Å². The first kappa shape index (κ1) is 19.5. The van der Waals surface area contributed by atoms with Gasteiger partial charge in [0.05, 0.1) is 6.54 Å². The van der Waals surface area contributed by atoms with Crippen LogP contribution < -0.4 is 24.8 Å². The molecule has 0 saturated heterocycles. The molecule has 0 unspecified atom stereocenters. The number of ether oxygens (including phenoxy) is 3. The molecule has 7 heteroatoms. The minimum Gasteiger partial charge on any atom is -0.492 e. The molecule has 2 N–H and O–H groups in total. The van der Waals surface area contributed by atoms with E-state index in [0.717, 1.165) is 0 Å². The molecule has 1 aliphatic rings. The van der Waals surface area contributed by atoms with E-state index in [9.17, 15) is 9.59 Å². The van der Waals surface area contributed by atoms with Gasteiger partial charge in [-0.25, -0.2) is 0 Å². The third-order valence-electron chi connectivity index (χ3n) is 3.90. The molecule has 0 aromatic heterocycles. The minimum atomic E-state index is -0.314. The van der Waals surface area contributed by atoms with E-state index in [1.54, 1.807) is 42.5 Å². The Morgan fingerprint density at radius 3 is 2.29 bits per heavy atom. The summed E-state index contributed by atoms with van der Waals surface area (Å²) in [6.07, 6.45) is 0. The summed E-state index contributed by atoms with van der Waals surface area (Å²) in [6.45, 7) is 6.62. The summed E-state index contributed by atoms with van der Waals surface area (Å²) in [6, 6.07) is 11.9. The van der Waals surface area contributed by atoms with Gasteiger partial charge in [-0.1, -0.05) is 0 Å². The molecule has 0 atom stereocenters. The Kier molecular flexibility index (Phi) is 5.73. The van der Waals surface area contributed by atoms with Crippen LogP contribution in [0.4, 0.5) is 0 Å². The summed E-state index contributed by atoms with van der Waals surface area (Å²) >= 11 is 0. The van der Waals surface area contributed by atoms with Gasteiger partial charge in [-0.2, -0.15) is 0 Å². The zero-order chi connectivity index (χ0) is 20.1. The van der Waals surface area contributed by atoms with Crippen LogP contribution in [0.25, 0.3) is 0 Å². The smallest absolute Gasteiger partial charge is 0.251 e. The molecule has 3 rings (SSSR count). The lowest BCUT2D eigenvalue weighted by Gasteiger charge is -2.20. The van der Waals surface area contributed by atoms with Gasteiger partial charge in [0.15, 0.2) is 11.5 Å². The van der Waals surface area contributed by atoms with E-state index in [1.165, 1.54) is 0 Å². The number of hydrogen-bond donors (Lipinski definition) is 2. The van der Waals surface area contributed by atoms with Crippen LogP contribution in [0.5, 0.6) is 17.2 Å². The SMILES string of the molecule is CC(C)(C)NC(=O)c1ccc(C(=O)NCCOc2ccc3c(c2)OCO3)cc1. The van der Waals surface area contributed by atoms with E-state index in [2.05, 4.69) is 10.6 Å². The van der Waals surface area contributed by atoms with E-state index in [0.29, 0.717) is 41.5 Å². The first-order valence-corrected chi connectivity index (χ1v) is 9.05. The van der Waals surface area contributed by atoms with Crippen molar-refractivity contribution in [3.05, 3.63) is 53.6 Å². The molecular weight excluding hydrogens is 360 g/mol. The van der Waals surface area contributed by atoms with Crippen molar-refractivity contribution < 1.29 is 23.8 Å². The fourth-order valence-electron chi connectivity index (χ4n) is 2.59. The van der Waals surface area contributed by atoms with Crippen molar-refractivity contribution in [1.29, 1.82) is 0 Å². The van der Waals surface area contributed by atoms with E-state index in [4.69, 9.17) is 14.2 Å². The van der Waals surface area contributed by atoms with Crippen LogP contribution in [0.2, 0.25) is 0 Å². The fourth-order valence-corrected chi connectivity index (χ4v) is 2.59. The fraction of sp³-hybridized carbons (Fsp3) is 0.333. The Morgan fingerprint density at radius 1 is 0.964 bits per heavy atom.